The van der Waals surface area contributed by atoms with Gasteiger partial charge in [-0.05, 0) is 31.9 Å². The van der Waals surface area contributed by atoms with Crippen molar-refractivity contribution in [2.45, 2.75) is 39.3 Å². The number of nitrogens with zero attached hydrogens (tertiary/aromatic N) is 3. The van der Waals surface area contributed by atoms with Gasteiger partial charge in [0.25, 0.3) is 5.91 Å². The minimum atomic E-state index is -0.00361. The first kappa shape index (κ1) is 14.5. The molecule has 4 rings (SSSR count). The summed E-state index contributed by atoms with van der Waals surface area (Å²) in [6.07, 6.45) is 1.73. The molecular formula is C18H21N3O2. The summed E-state index contributed by atoms with van der Waals surface area (Å²) in [6, 6.07) is 8.36. The summed E-state index contributed by atoms with van der Waals surface area (Å²) < 4.78 is 7.58. The van der Waals surface area contributed by atoms with Crippen LogP contribution >= 0.6 is 0 Å². The molecule has 5 heteroatoms. The van der Waals surface area contributed by atoms with Crippen molar-refractivity contribution in [1.29, 1.82) is 0 Å². The third-order valence-corrected chi connectivity index (χ3v) is 4.67. The maximum absolute atomic E-state index is 13.1. The quantitative estimate of drug-likeness (QED) is 0.857. The lowest BCUT2D eigenvalue weighted by molar-refractivity contribution is 0.0956. The van der Waals surface area contributed by atoms with E-state index in [1.807, 2.05) is 27.8 Å². The molecule has 0 saturated heterocycles. The summed E-state index contributed by atoms with van der Waals surface area (Å²) in [7, 11) is 0. The van der Waals surface area contributed by atoms with Gasteiger partial charge in [-0.3, -0.25) is 9.48 Å². The fourth-order valence-electron chi connectivity index (χ4n) is 3.54. The van der Waals surface area contributed by atoms with Gasteiger partial charge in [-0.2, -0.15) is 5.10 Å². The van der Waals surface area contributed by atoms with Gasteiger partial charge in [-0.25, -0.2) is 0 Å². The average Bonchev–Trinajstić information content (AvgIpc) is 3.16. The fraction of sp³-hybridized carbons (Fsp3) is 0.444. The predicted octanol–water partition coefficient (Wildman–Crippen LogP) is 2.74. The molecule has 5 nitrogen and oxygen atoms in total. The number of carbonyl (C=O) groups is 1. The zero-order valence-electron chi connectivity index (χ0n) is 13.6. The molecule has 1 aromatic carbocycles. The lowest BCUT2D eigenvalue weighted by Gasteiger charge is -2.18. The van der Waals surface area contributed by atoms with E-state index in [4.69, 9.17) is 4.74 Å². The third-order valence-electron chi connectivity index (χ3n) is 4.67. The van der Waals surface area contributed by atoms with E-state index in [2.05, 4.69) is 25.0 Å². The Hall–Kier alpha value is -2.14. The van der Waals surface area contributed by atoms with Crippen LogP contribution in [0.2, 0.25) is 0 Å². The fourth-order valence-corrected chi connectivity index (χ4v) is 3.54. The third kappa shape index (κ3) is 2.27. The smallest absolute Gasteiger partial charge is 0.279 e. The lowest BCUT2D eigenvalue weighted by atomic mass is 10.1. The van der Waals surface area contributed by atoms with Gasteiger partial charge >= 0.3 is 0 Å². The first-order valence-electron chi connectivity index (χ1n) is 8.24. The van der Waals surface area contributed by atoms with Crippen molar-refractivity contribution in [3.63, 3.8) is 0 Å². The molecule has 0 radical (unpaired) electrons. The highest BCUT2D eigenvalue weighted by molar-refractivity contribution is 6.07. The molecular weight excluding hydrogens is 290 g/mol. The topological polar surface area (TPSA) is 47.4 Å². The standard InChI is InChI=1S/C18H21N3O2/c1-12(2)21-16-8-10-23-11-14(16)17(19-21)18(22)20-9-7-13-5-3-4-6-15(13)20/h3-6,12H,7-11H2,1-2H3. The molecule has 1 amide bonds. The van der Waals surface area contributed by atoms with E-state index in [1.54, 1.807) is 0 Å². The Labute approximate surface area is 135 Å². The number of amides is 1. The van der Waals surface area contributed by atoms with Crippen molar-refractivity contribution in [2.24, 2.45) is 0 Å². The molecule has 0 spiro atoms. The normalized spacial score (nSPS) is 16.6. The summed E-state index contributed by atoms with van der Waals surface area (Å²) in [5.74, 6) is -0.00361. The lowest BCUT2D eigenvalue weighted by Crippen LogP contribution is -2.30. The van der Waals surface area contributed by atoms with Crippen molar-refractivity contribution >= 4 is 11.6 Å². The Balaban J connectivity index is 1.75. The SMILES string of the molecule is CC(C)n1nc(C(=O)N2CCc3ccccc32)c2c1CCOC2. The van der Waals surface area contributed by atoms with E-state index in [-0.39, 0.29) is 11.9 Å². The molecule has 0 N–H and O–H groups in total. The number of hydrogen-bond acceptors (Lipinski definition) is 3. The molecule has 2 aromatic rings. The molecule has 0 unspecified atom stereocenters. The molecule has 0 aliphatic carbocycles. The number of rotatable bonds is 2. The maximum atomic E-state index is 13.1. The zero-order valence-corrected chi connectivity index (χ0v) is 13.6. The first-order chi connectivity index (χ1) is 11.2. The van der Waals surface area contributed by atoms with Crippen LogP contribution in [0.3, 0.4) is 0 Å². The van der Waals surface area contributed by atoms with Crippen molar-refractivity contribution < 1.29 is 9.53 Å². The van der Waals surface area contributed by atoms with Crippen molar-refractivity contribution in [2.75, 3.05) is 18.1 Å². The number of aromatic nitrogens is 2. The Kier molecular flexibility index (Phi) is 3.45. The van der Waals surface area contributed by atoms with E-state index in [9.17, 15) is 4.79 Å². The van der Waals surface area contributed by atoms with Gasteiger partial charge in [0.1, 0.15) is 0 Å². The highest BCUT2D eigenvalue weighted by atomic mass is 16.5. The molecule has 1 aromatic heterocycles. The predicted molar refractivity (Wildman–Crippen MR) is 87.8 cm³/mol. The van der Waals surface area contributed by atoms with Crippen LogP contribution in [0.5, 0.6) is 0 Å². The second kappa shape index (κ2) is 5.49. The van der Waals surface area contributed by atoms with Crippen LogP contribution in [0.4, 0.5) is 5.69 Å². The molecule has 120 valence electrons. The van der Waals surface area contributed by atoms with Crippen LogP contribution in [0.1, 0.15) is 47.2 Å². The summed E-state index contributed by atoms with van der Waals surface area (Å²) in [5, 5.41) is 4.65. The number of fused-ring (bicyclic) bond motifs is 2. The molecule has 0 fully saturated rings. The van der Waals surface area contributed by atoms with E-state index >= 15 is 0 Å². The van der Waals surface area contributed by atoms with Crippen LogP contribution in [0.25, 0.3) is 0 Å². The number of anilines is 1. The Morgan fingerprint density at radius 3 is 2.91 bits per heavy atom. The highest BCUT2D eigenvalue weighted by Crippen LogP contribution is 2.31. The van der Waals surface area contributed by atoms with Gasteiger partial charge in [0.05, 0.1) is 13.2 Å². The van der Waals surface area contributed by atoms with E-state index < -0.39 is 0 Å². The number of carbonyl (C=O) groups excluding carboxylic acids is 1. The van der Waals surface area contributed by atoms with E-state index in [1.165, 1.54) is 5.56 Å². The number of hydrogen-bond donors (Lipinski definition) is 0. The second-order valence-corrected chi connectivity index (χ2v) is 6.45. The summed E-state index contributed by atoms with van der Waals surface area (Å²) >= 11 is 0. The zero-order chi connectivity index (χ0) is 16.0. The number of benzene rings is 1. The van der Waals surface area contributed by atoms with Crippen LogP contribution in [-0.2, 0) is 24.2 Å². The van der Waals surface area contributed by atoms with Gasteiger partial charge in [0, 0.05) is 36.0 Å². The molecule has 2 aliphatic heterocycles. The summed E-state index contributed by atoms with van der Waals surface area (Å²) in [5.41, 5.74) is 4.93. The summed E-state index contributed by atoms with van der Waals surface area (Å²) in [4.78, 5) is 15.0. The summed E-state index contributed by atoms with van der Waals surface area (Å²) in [6.45, 7) is 6.11. The van der Waals surface area contributed by atoms with Gasteiger partial charge in [-0.1, -0.05) is 18.2 Å². The maximum Gasteiger partial charge on any atom is 0.279 e. The van der Waals surface area contributed by atoms with Crippen molar-refractivity contribution in [1.82, 2.24) is 9.78 Å². The van der Waals surface area contributed by atoms with Gasteiger partial charge in [0.2, 0.25) is 0 Å². The van der Waals surface area contributed by atoms with Crippen LogP contribution in [0.15, 0.2) is 24.3 Å². The van der Waals surface area contributed by atoms with E-state index in [0.29, 0.717) is 18.9 Å². The Bertz CT molecular complexity index is 764. The van der Waals surface area contributed by atoms with Crippen molar-refractivity contribution in [3.05, 3.63) is 46.8 Å². The largest absolute Gasteiger partial charge is 0.376 e. The average molecular weight is 311 g/mol. The number of para-hydroxylation sites is 1. The van der Waals surface area contributed by atoms with Gasteiger partial charge in [-0.15, -0.1) is 0 Å². The first-order valence-corrected chi connectivity index (χ1v) is 8.24. The molecule has 23 heavy (non-hydrogen) atoms. The minimum Gasteiger partial charge on any atom is -0.376 e. The molecule has 0 atom stereocenters. The van der Waals surface area contributed by atoms with E-state index in [0.717, 1.165) is 36.3 Å². The Morgan fingerprint density at radius 2 is 2.09 bits per heavy atom. The Morgan fingerprint density at radius 1 is 1.26 bits per heavy atom. The van der Waals surface area contributed by atoms with Crippen molar-refractivity contribution in [3.8, 4) is 0 Å². The molecule has 0 saturated carbocycles. The molecule has 3 heterocycles. The van der Waals surface area contributed by atoms with Crippen LogP contribution < -0.4 is 4.90 Å². The van der Waals surface area contributed by atoms with Crippen LogP contribution in [0, 0.1) is 0 Å². The second-order valence-electron chi connectivity index (χ2n) is 6.45. The van der Waals surface area contributed by atoms with Gasteiger partial charge in [0.15, 0.2) is 5.69 Å². The molecule has 2 aliphatic rings. The molecule has 0 bridgehead atoms. The highest BCUT2D eigenvalue weighted by Gasteiger charge is 2.32. The minimum absolute atomic E-state index is 0.00361. The van der Waals surface area contributed by atoms with Gasteiger partial charge < -0.3 is 9.64 Å². The monoisotopic (exact) mass is 311 g/mol. The number of ether oxygens (including phenoxy) is 1. The van der Waals surface area contributed by atoms with Crippen LogP contribution in [-0.4, -0.2) is 28.8 Å².